The lowest BCUT2D eigenvalue weighted by Crippen LogP contribution is -2.59. The van der Waals surface area contributed by atoms with Crippen LogP contribution >= 0.6 is 23.4 Å². The third-order valence-electron chi connectivity index (χ3n) is 5.91. The average molecular weight is 451 g/mol. The van der Waals surface area contributed by atoms with Crippen LogP contribution in [0.25, 0.3) is 11.5 Å². The number of nitrogens with one attached hydrogen (secondary N) is 1. The van der Waals surface area contributed by atoms with Crippen molar-refractivity contribution in [2.45, 2.75) is 42.9 Å². The average Bonchev–Trinajstić information content (AvgIpc) is 3.27. The molecule has 0 radical (unpaired) electrons. The van der Waals surface area contributed by atoms with E-state index in [4.69, 9.17) is 20.8 Å². The van der Waals surface area contributed by atoms with Crippen molar-refractivity contribution < 1.29 is 13.9 Å². The largest absolute Gasteiger partial charge is 0.411 e. The lowest BCUT2D eigenvalue weighted by Gasteiger charge is -2.48. The molecule has 1 aromatic heterocycles. The Labute approximate surface area is 185 Å². The monoisotopic (exact) mass is 450 g/mol. The van der Waals surface area contributed by atoms with Crippen molar-refractivity contribution in [3.63, 3.8) is 0 Å². The number of hydrogen-bond acceptors (Lipinski definition) is 7. The number of benzene rings is 1. The molecule has 1 aliphatic heterocycles. The van der Waals surface area contributed by atoms with Crippen LogP contribution in [0.5, 0.6) is 0 Å². The van der Waals surface area contributed by atoms with E-state index in [0.29, 0.717) is 22.7 Å². The number of amides is 1. The van der Waals surface area contributed by atoms with Crippen molar-refractivity contribution in [1.82, 2.24) is 20.4 Å². The van der Waals surface area contributed by atoms with Crippen LogP contribution in [0.1, 0.15) is 32.1 Å². The van der Waals surface area contributed by atoms with Gasteiger partial charge in [-0.05, 0) is 37.1 Å². The highest BCUT2D eigenvalue weighted by atomic mass is 35.5. The third-order valence-corrected chi connectivity index (χ3v) is 6.98. The summed E-state index contributed by atoms with van der Waals surface area (Å²) in [6.07, 6.45) is 5.99. The van der Waals surface area contributed by atoms with E-state index >= 15 is 0 Å². The molecule has 0 unspecified atom stereocenters. The van der Waals surface area contributed by atoms with Gasteiger partial charge in [0.1, 0.15) is 0 Å². The first kappa shape index (κ1) is 21.6. The molecule has 1 N–H and O–H groups in total. The summed E-state index contributed by atoms with van der Waals surface area (Å²) in [5.74, 6) is 0.661. The van der Waals surface area contributed by atoms with Gasteiger partial charge in [0, 0.05) is 35.8 Å². The molecular formula is C21H27ClN4O3S. The van der Waals surface area contributed by atoms with Crippen molar-refractivity contribution in [2.75, 3.05) is 38.6 Å². The van der Waals surface area contributed by atoms with Crippen molar-refractivity contribution in [3.05, 3.63) is 29.3 Å². The summed E-state index contributed by atoms with van der Waals surface area (Å²) in [6.45, 7) is 4.13. The maximum atomic E-state index is 12.5. The second kappa shape index (κ2) is 10.1. The molecule has 0 spiro atoms. The Morgan fingerprint density at radius 1 is 1.13 bits per heavy atom. The number of nitrogens with zero attached hydrogens (tertiary/aromatic N) is 3. The number of carbonyl (C=O) groups excluding carboxylic acids is 1. The van der Waals surface area contributed by atoms with Crippen LogP contribution in [-0.4, -0.2) is 65.1 Å². The molecule has 7 nitrogen and oxygen atoms in total. The van der Waals surface area contributed by atoms with Crippen LogP contribution in [0, 0.1) is 0 Å². The van der Waals surface area contributed by atoms with Crippen LogP contribution in [0.3, 0.4) is 0 Å². The highest BCUT2D eigenvalue weighted by Gasteiger charge is 2.38. The first-order valence-electron chi connectivity index (χ1n) is 10.5. The summed E-state index contributed by atoms with van der Waals surface area (Å²) >= 11 is 7.17. The van der Waals surface area contributed by atoms with Gasteiger partial charge in [0.2, 0.25) is 11.8 Å². The Kier molecular flexibility index (Phi) is 7.30. The van der Waals surface area contributed by atoms with Gasteiger partial charge in [-0.3, -0.25) is 9.69 Å². The number of carbonyl (C=O) groups is 1. The minimum absolute atomic E-state index is 0.00977. The number of rotatable bonds is 7. The molecule has 1 amide bonds. The van der Waals surface area contributed by atoms with Crippen molar-refractivity contribution in [1.29, 1.82) is 0 Å². The fourth-order valence-corrected chi connectivity index (χ4v) is 4.99. The van der Waals surface area contributed by atoms with Gasteiger partial charge in [0.05, 0.1) is 19.0 Å². The number of thioether (sulfide) groups is 1. The lowest BCUT2D eigenvalue weighted by atomic mass is 9.79. The first-order chi connectivity index (χ1) is 14.6. The van der Waals surface area contributed by atoms with Gasteiger partial charge >= 0.3 is 0 Å². The Morgan fingerprint density at radius 3 is 2.60 bits per heavy atom. The SMILES string of the molecule is O=C(CSc1nnc(-c2ccc(Cl)cc2)o1)NCC1(N2CCOCC2)CCCCC1. The van der Waals surface area contributed by atoms with Crippen molar-refractivity contribution in [3.8, 4) is 11.5 Å². The summed E-state index contributed by atoms with van der Waals surface area (Å²) in [6, 6.07) is 7.20. The summed E-state index contributed by atoms with van der Waals surface area (Å²) in [4.78, 5) is 15.0. The van der Waals surface area contributed by atoms with E-state index in [2.05, 4.69) is 20.4 Å². The molecule has 162 valence electrons. The van der Waals surface area contributed by atoms with Crippen molar-refractivity contribution in [2.24, 2.45) is 0 Å². The van der Waals surface area contributed by atoms with E-state index in [0.717, 1.165) is 44.7 Å². The molecule has 2 heterocycles. The predicted molar refractivity (Wildman–Crippen MR) is 117 cm³/mol. The Morgan fingerprint density at radius 2 is 1.87 bits per heavy atom. The zero-order valence-electron chi connectivity index (χ0n) is 16.9. The van der Waals surface area contributed by atoms with Gasteiger partial charge in [0.25, 0.3) is 5.22 Å². The summed E-state index contributed by atoms with van der Waals surface area (Å²) in [7, 11) is 0. The van der Waals surface area contributed by atoms with Gasteiger partial charge in [-0.1, -0.05) is 42.6 Å². The van der Waals surface area contributed by atoms with Crippen LogP contribution in [0.15, 0.2) is 33.9 Å². The van der Waals surface area contributed by atoms with Crippen molar-refractivity contribution >= 4 is 29.3 Å². The fraction of sp³-hybridized carbons (Fsp3) is 0.571. The van der Waals surface area contributed by atoms with E-state index in [1.807, 2.05) is 12.1 Å². The maximum absolute atomic E-state index is 12.5. The van der Waals surface area contributed by atoms with Crippen LogP contribution in [-0.2, 0) is 9.53 Å². The Hall–Kier alpha value is -1.61. The van der Waals surface area contributed by atoms with Gasteiger partial charge in [0.15, 0.2) is 0 Å². The highest BCUT2D eigenvalue weighted by molar-refractivity contribution is 7.99. The topological polar surface area (TPSA) is 80.5 Å². The number of ether oxygens (including phenoxy) is 1. The summed E-state index contributed by atoms with van der Waals surface area (Å²) in [5.41, 5.74) is 0.863. The maximum Gasteiger partial charge on any atom is 0.277 e. The molecule has 4 rings (SSSR count). The second-order valence-corrected chi connectivity index (χ2v) is 9.19. The first-order valence-corrected chi connectivity index (χ1v) is 11.8. The molecule has 0 atom stereocenters. The quantitative estimate of drug-likeness (QED) is 0.645. The third kappa shape index (κ3) is 5.35. The smallest absolute Gasteiger partial charge is 0.277 e. The highest BCUT2D eigenvalue weighted by Crippen LogP contribution is 2.34. The van der Waals surface area contributed by atoms with Gasteiger partial charge in [-0.25, -0.2) is 0 Å². The second-order valence-electron chi connectivity index (χ2n) is 7.83. The van der Waals surface area contributed by atoms with E-state index in [-0.39, 0.29) is 17.2 Å². The molecule has 1 aromatic carbocycles. The van der Waals surface area contributed by atoms with Gasteiger partial charge in [-0.15, -0.1) is 10.2 Å². The Balaban J connectivity index is 1.29. The molecule has 1 saturated carbocycles. The number of morpholine rings is 1. The molecule has 30 heavy (non-hydrogen) atoms. The normalized spacial score (nSPS) is 19.5. The van der Waals surface area contributed by atoms with Crippen LogP contribution in [0.2, 0.25) is 5.02 Å². The molecular weight excluding hydrogens is 424 g/mol. The predicted octanol–water partition coefficient (Wildman–Crippen LogP) is 3.63. The molecule has 1 aliphatic carbocycles. The summed E-state index contributed by atoms with van der Waals surface area (Å²) < 4.78 is 11.2. The minimum atomic E-state index is -0.00977. The number of halogens is 1. The number of aromatic nitrogens is 2. The zero-order chi connectivity index (χ0) is 20.8. The summed E-state index contributed by atoms with van der Waals surface area (Å²) in [5, 5.41) is 12.3. The van der Waals surface area contributed by atoms with E-state index in [1.54, 1.807) is 12.1 Å². The zero-order valence-corrected chi connectivity index (χ0v) is 18.5. The van der Waals surface area contributed by atoms with Gasteiger partial charge in [-0.2, -0.15) is 0 Å². The standard InChI is InChI=1S/C21H27ClN4O3S/c22-17-6-4-16(5-7-17)19-24-25-20(29-19)30-14-18(27)23-15-21(8-2-1-3-9-21)26-10-12-28-13-11-26/h4-7H,1-3,8-15H2,(H,23,27). The van der Waals surface area contributed by atoms with E-state index in [1.165, 1.54) is 31.0 Å². The fourth-order valence-electron chi connectivity index (χ4n) is 4.27. The molecule has 2 aromatic rings. The van der Waals surface area contributed by atoms with Gasteiger partial charge < -0.3 is 14.5 Å². The van der Waals surface area contributed by atoms with Crippen LogP contribution in [0.4, 0.5) is 0 Å². The Bertz CT molecular complexity index is 833. The van der Waals surface area contributed by atoms with E-state index < -0.39 is 0 Å². The van der Waals surface area contributed by atoms with Crippen LogP contribution < -0.4 is 5.32 Å². The number of hydrogen-bond donors (Lipinski definition) is 1. The minimum Gasteiger partial charge on any atom is -0.411 e. The molecule has 9 heteroatoms. The molecule has 1 saturated heterocycles. The molecule has 2 fully saturated rings. The lowest BCUT2D eigenvalue weighted by molar-refractivity contribution is -0.119. The van der Waals surface area contributed by atoms with E-state index in [9.17, 15) is 4.79 Å². The molecule has 2 aliphatic rings. The molecule has 0 bridgehead atoms.